The Morgan fingerprint density at radius 3 is 2.76 bits per heavy atom. The molecule has 21 heavy (non-hydrogen) atoms. The van der Waals surface area contributed by atoms with E-state index in [1.54, 1.807) is 12.1 Å². The van der Waals surface area contributed by atoms with Crippen LogP contribution >= 0.6 is 0 Å². The molecule has 0 aromatic heterocycles. The summed E-state index contributed by atoms with van der Waals surface area (Å²) in [6.07, 6.45) is 5.67. The van der Waals surface area contributed by atoms with Crippen LogP contribution < -0.4 is 20.5 Å². The number of nitrogens with one attached hydrogen (secondary N) is 1. The zero-order chi connectivity index (χ0) is 14.8. The van der Waals surface area contributed by atoms with Crippen molar-refractivity contribution >= 4 is 11.6 Å². The van der Waals surface area contributed by atoms with Gasteiger partial charge in [-0.1, -0.05) is 19.8 Å². The van der Waals surface area contributed by atoms with E-state index in [0.717, 1.165) is 18.8 Å². The number of carbonyl (C=O) groups excluding carboxylic acids is 1. The van der Waals surface area contributed by atoms with Crippen molar-refractivity contribution in [2.75, 3.05) is 12.5 Å². The molecule has 1 fully saturated rings. The van der Waals surface area contributed by atoms with Gasteiger partial charge in [-0.05, 0) is 31.2 Å². The Labute approximate surface area is 124 Å². The number of rotatable bonds is 2. The number of anilines is 1. The van der Waals surface area contributed by atoms with Crippen molar-refractivity contribution in [3.63, 3.8) is 0 Å². The third-order valence-electron chi connectivity index (χ3n) is 4.38. The number of nitrogen functional groups attached to an aromatic ring is 1. The Hall–Kier alpha value is -1.91. The van der Waals surface area contributed by atoms with Crippen LogP contribution in [0.2, 0.25) is 0 Å². The van der Waals surface area contributed by atoms with Crippen molar-refractivity contribution in [2.24, 2.45) is 5.92 Å². The molecule has 5 nitrogen and oxygen atoms in total. The van der Waals surface area contributed by atoms with Crippen molar-refractivity contribution in [1.82, 2.24) is 5.32 Å². The highest BCUT2D eigenvalue weighted by molar-refractivity contribution is 6.00. The molecular formula is C16H22N2O3. The molecule has 3 rings (SSSR count). The standard InChI is InChI=1S/C16H22N2O3/c1-10-3-2-4-11(6-5-10)18-16(19)12-7-14-15(8-13(12)17)21-9-20-14/h7-8,10-11H,2-6,9,17H2,1H3,(H,18,19). The normalized spacial score (nSPS) is 24.4. The maximum Gasteiger partial charge on any atom is 0.253 e. The molecule has 1 amide bonds. The lowest BCUT2D eigenvalue weighted by Gasteiger charge is -2.17. The molecule has 5 heteroatoms. The third kappa shape index (κ3) is 3.06. The molecule has 114 valence electrons. The molecule has 1 aromatic carbocycles. The van der Waals surface area contributed by atoms with Crippen molar-refractivity contribution in [1.29, 1.82) is 0 Å². The largest absolute Gasteiger partial charge is 0.454 e. The van der Waals surface area contributed by atoms with Crippen LogP contribution in [-0.4, -0.2) is 18.7 Å². The number of nitrogens with two attached hydrogens (primary N) is 1. The molecule has 0 radical (unpaired) electrons. The molecule has 2 aliphatic rings. The highest BCUT2D eigenvalue weighted by Crippen LogP contribution is 2.36. The van der Waals surface area contributed by atoms with E-state index in [1.807, 2.05) is 0 Å². The molecular weight excluding hydrogens is 268 g/mol. The maximum atomic E-state index is 12.4. The average molecular weight is 290 g/mol. The van der Waals surface area contributed by atoms with Gasteiger partial charge in [0.25, 0.3) is 5.91 Å². The van der Waals surface area contributed by atoms with Crippen LogP contribution in [0.1, 0.15) is 49.4 Å². The number of amides is 1. The van der Waals surface area contributed by atoms with E-state index in [1.165, 1.54) is 19.3 Å². The third-order valence-corrected chi connectivity index (χ3v) is 4.38. The van der Waals surface area contributed by atoms with Crippen LogP contribution in [0.5, 0.6) is 11.5 Å². The average Bonchev–Trinajstić information content (AvgIpc) is 2.80. The van der Waals surface area contributed by atoms with Gasteiger partial charge < -0.3 is 20.5 Å². The lowest BCUT2D eigenvalue weighted by atomic mass is 10.0. The van der Waals surface area contributed by atoms with Crippen LogP contribution in [0, 0.1) is 5.92 Å². The minimum atomic E-state index is -0.120. The summed E-state index contributed by atoms with van der Waals surface area (Å²) >= 11 is 0. The summed E-state index contributed by atoms with van der Waals surface area (Å²) in [4.78, 5) is 12.4. The van der Waals surface area contributed by atoms with Crippen LogP contribution in [0.15, 0.2) is 12.1 Å². The SMILES string of the molecule is CC1CCCC(NC(=O)c2cc3c(cc2N)OCO3)CC1. The van der Waals surface area contributed by atoms with E-state index in [0.29, 0.717) is 22.7 Å². The fraction of sp³-hybridized carbons (Fsp3) is 0.562. The summed E-state index contributed by atoms with van der Waals surface area (Å²) in [7, 11) is 0. The molecule has 1 aliphatic heterocycles. The predicted molar refractivity (Wildman–Crippen MR) is 80.5 cm³/mol. The zero-order valence-corrected chi connectivity index (χ0v) is 12.4. The van der Waals surface area contributed by atoms with Gasteiger partial charge in [0.15, 0.2) is 11.5 Å². The fourth-order valence-corrected chi connectivity index (χ4v) is 3.05. The van der Waals surface area contributed by atoms with Gasteiger partial charge in [0.1, 0.15) is 0 Å². The maximum absolute atomic E-state index is 12.4. The molecule has 2 unspecified atom stereocenters. The summed E-state index contributed by atoms with van der Waals surface area (Å²) < 4.78 is 10.6. The van der Waals surface area contributed by atoms with E-state index in [-0.39, 0.29) is 18.7 Å². The van der Waals surface area contributed by atoms with E-state index in [9.17, 15) is 4.79 Å². The molecule has 1 heterocycles. The van der Waals surface area contributed by atoms with E-state index >= 15 is 0 Å². The van der Waals surface area contributed by atoms with Crippen LogP contribution in [0.25, 0.3) is 0 Å². The summed E-state index contributed by atoms with van der Waals surface area (Å²) in [5, 5.41) is 3.11. The Bertz CT molecular complexity index is 545. The fourth-order valence-electron chi connectivity index (χ4n) is 3.05. The van der Waals surface area contributed by atoms with Crippen molar-refractivity contribution in [3.05, 3.63) is 17.7 Å². The van der Waals surface area contributed by atoms with Crippen LogP contribution in [0.3, 0.4) is 0 Å². The first-order chi connectivity index (χ1) is 10.1. The van der Waals surface area contributed by atoms with E-state index in [2.05, 4.69) is 12.2 Å². The van der Waals surface area contributed by atoms with Gasteiger partial charge in [0.2, 0.25) is 6.79 Å². The number of fused-ring (bicyclic) bond motifs is 1. The highest BCUT2D eigenvalue weighted by atomic mass is 16.7. The Morgan fingerprint density at radius 2 is 1.95 bits per heavy atom. The monoisotopic (exact) mass is 290 g/mol. The van der Waals surface area contributed by atoms with Crippen LogP contribution in [-0.2, 0) is 0 Å². The van der Waals surface area contributed by atoms with Gasteiger partial charge in [-0.3, -0.25) is 4.79 Å². The summed E-state index contributed by atoms with van der Waals surface area (Å²) in [5.74, 6) is 1.82. The molecule has 0 spiro atoms. The second kappa shape index (κ2) is 5.84. The molecule has 1 aromatic rings. The highest BCUT2D eigenvalue weighted by Gasteiger charge is 2.22. The lowest BCUT2D eigenvalue weighted by Crippen LogP contribution is -2.34. The van der Waals surface area contributed by atoms with Crippen LogP contribution in [0.4, 0.5) is 5.69 Å². The quantitative estimate of drug-likeness (QED) is 0.649. The second-order valence-corrected chi connectivity index (χ2v) is 6.08. The van der Waals surface area contributed by atoms with Crippen molar-refractivity contribution in [2.45, 2.75) is 45.1 Å². The minimum Gasteiger partial charge on any atom is -0.454 e. The molecule has 3 N–H and O–H groups in total. The van der Waals surface area contributed by atoms with Gasteiger partial charge in [-0.15, -0.1) is 0 Å². The smallest absolute Gasteiger partial charge is 0.253 e. The molecule has 1 saturated carbocycles. The topological polar surface area (TPSA) is 73.6 Å². The summed E-state index contributed by atoms with van der Waals surface area (Å²) in [6.45, 7) is 2.46. The minimum absolute atomic E-state index is 0.120. The van der Waals surface area contributed by atoms with Crippen molar-refractivity contribution in [3.8, 4) is 11.5 Å². The molecule has 0 bridgehead atoms. The Kier molecular flexibility index (Phi) is 3.90. The predicted octanol–water partition coefficient (Wildman–Crippen LogP) is 2.70. The lowest BCUT2D eigenvalue weighted by molar-refractivity contribution is 0.0933. The number of benzene rings is 1. The van der Waals surface area contributed by atoms with Gasteiger partial charge in [0, 0.05) is 17.8 Å². The number of carbonyl (C=O) groups is 1. The first-order valence-corrected chi connectivity index (χ1v) is 7.63. The first-order valence-electron chi connectivity index (χ1n) is 7.63. The van der Waals surface area contributed by atoms with Gasteiger partial charge >= 0.3 is 0 Å². The van der Waals surface area contributed by atoms with Crippen molar-refractivity contribution < 1.29 is 14.3 Å². The van der Waals surface area contributed by atoms with Gasteiger partial charge in [0.05, 0.1) is 5.56 Å². The Morgan fingerprint density at radius 1 is 1.19 bits per heavy atom. The molecule has 1 aliphatic carbocycles. The zero-order valence-electron chi connectivity index (χ0n) is 12.4. The van der Waals surface area contributed by atoms with Gasteiger partial charge in [-0.2, -0.15) is 0 Å². The van der Waals surface area contributed by atoms with E-state index in [4.69, 9.17) is 15.2 Å². The Balaban J connectivity index is 1.70. The number of hydrogen-bond donors (Lipinski definition) is 2. The molecule has 0 saturated heterocycles. The summed E-state index contributed by atoms with van der Waals surface area (Å²) in [6, 6.07) is 3.57. The number of hydrogen-bond acceptors (Lipinski definition) is 4. The number of ether oxygens (including phenoxy) is 2. The molecule has 2 atom stereocenters. The first kappa shape index (κ1) is 14.0. The summed E-state index contributed by atoms with van der Waals surface area (Å²) in [5.41, 5.74) is 6.85. The van der Waals surface area contributed by atoms with Gasteiger partial charge in [-0.25, -0.2) is 0 Å². The van der Waals surface area contributed by atoms with E-state index < -0.39 is 0 Å². The second-order valence-electron chi connectivity index (χ2n) is 6.08.